The second-order valence-corrected chi connectivity index (χ2v) is 7.34. The summed E-state index contributed by atoms with van der Waals surface area (Å²) in [6.45, 7) is 1.85. The van der Waals surface area contributed by atoms with Crippen molar-refractivity contribution in [3.8, 4) is 5.75 Å². The second-order valence-electron chi connectivity index (χ2n) is 7.34. The number of halogens is 4. The van der Waals surface area contributed by atoms with Crippen LogP contribution in [0.15, 0.2) is 42.9 Å². The van der Waals surface area contributed by atoms with E-state index in [1.807, 2.05) is 0 Å². The number of pyridine rings is 1. The highest BCUT2D eigenvalue weighted by Crippen LogP contribution is 2.39. The van der Waals surface area contributed by atoms with Crippen LogP contribution in [0, 0.1) is 5.82 Å². The van der Waals surface area contributed by atoms with Crippen LogP contribution in [0.5, 0.6) is 5.75 Å². The molecule has 1 N–H and O–H groups in total. The lowest BCUT2D eigenvalue weighted by molar-refractivity contribution is -0.138. The number of anilines is 2. The van der Waals surface area contributed by atoms with Crippen molar-refractivity contribution < 1.29 is 31.9 Å². The van der Waals surface area contributed by atoms with Gasteiger partial charge in [-0.15, -0.1) is 0 Å². The number of benzene rings is 1. The minimum atomic E-state index is -4.63. The molecule has 0 saturated carbocycles. The van der Waals surface area contributed by atoms with E-state index in [1.165, 1.54) is 28.0 Å². The van der Waals surface area contributed by atoms with Crippen LogP contribution in [0.2, 0.25) is 0 Å². The number of nitrogens with one attached hydrogen (secondary N) is 1. The number of fused-ring (bicyclic) bond motifs is 1. The van der Waals surface area contributed by atoms with Crippen LogP contribution in [0.4, 0.5) is 28.9 Å². The first kappa shape index (κ1) is 22.2. The summed E-state index contributed by atoms with van der Waals surface area (Å²) < 4.78 is 59.2. The summed E-state index contributed by atoms with van der Waals surface area (Å²) in [5.74, 6) is -2.43. The zero-order valence-electron chi connectivity index (χ0n) is 17.4. The Bertz CT molecular complexity index is 1240. The molecular weight excluding hydrogens is 446 g/mol. The molecule has 0 aliphatic carbocycles. The van der Waals surface area contributed by atoms with Gasteiger partial charge in [-0.2, -0.15) is 18.3 Å². The normalized spacial score (nSPS) is 15.9. The number of carbonyl (C=O) groups excluding carboxylic acids is 2. The van der Waals surface area contributed by atoms with Gasteiger partial charge in [0.25, 0.3) is 11.8 Å². The maximum atomic E-state index is 13.4. The molecule has 12 heteroatoms. The van der Waals surface area contributed by atoms with Gasteiger partial charge in [-0.05, 0) is 19.1 Å². The van der Waals surface area contributed by atoms with E-state index in [0.717, 1.165) is 31.5 Å². The van der Waals surface area contributed by atoms with Crippen molar-refractivity contribution >= 4 is 23.2 Å². The number of carbonyl (C=O) groups is 2. The van der Waals surface area contributed by atoms with E-state index in [1.54, 1.807) is 6.92 Å². The Labute approximate surface area is 184 Å². The van der Waals surface area contributed by atoms with Crippen molar-refractivity contribution in [1.82, 2.24) is 14.8 Å². The number of nitrogens with zero attached hydrogens (tertiary/aromatic N) is 4. The Morgan fingerprint density at radius 2 is 1.97 bits per heavy atom. The molecule has 0 fully saturated rings. The summed E-state index contributed by atoms with van der Waals surface area (Å²) in [4.78, 5) is 31.0. The lowest BCUT2D eigenvalue weighted by atomic mass is 10.1. The predicted octanol–water partition coefficient (Wildman–Crippen LogP) is 3.92. The van der Waals surface area contributed by atoms with E-state index in [2.05, 4.69) is 15.4 Å². The van der Waals surface area contributed by atoms with Crippen LogP contribution in [-0.4, -0.2) is 40.2 Å². The molecular formula is C21H17F4N5O3. The van der Waals surface area contributed by atoms with Gasteiger partial charge >= 0.3 is 6.18 Å². The van der Waals surface area contributed by atoms with Crippen LogP contribution in [-0.2, 0) is 6.18 Å². The fourth-order valence-electron chi connectivity index (χ4n) is 3.61. The summed E-state index contributed by atoms with van der Waals surface area (Å²) in [6, 6.07) is 3.80. The van der Waals surface area contributed by atoms with E-state index in [9.17, 15) is 27.2 Å². The van der Waals surface area contributed by atoms with E-state index in [-0.39, 0.29) is 35.2 Å². The molecule has 0 saturated heterocycles. The molecule has 2 amide bonds. The molecule has 33 heavy (non-hydrogen) atoms. The summed E-state index contributed by atoms with van der Waals surface area (Å²) in [6.07, 6.45) is -1.21. The lowest BCUT2D eigenvalue weighted by Crippen LogP contribution is -2.43. The zero-order valence-corrected chi connectivity index (χ0v) is 17.4. The SMILES string of the molecule is COc1cc(N2C[C@H](C)n3ncc(C(=O)Nc4cncc(F)c4)c3C2=O)ccc1C(F)(F)F. The third-order valence-corrected chi connectivity index (χ3v) is 5.12. The van der Waals surface area contributed by atoms with Gasteiger partial charge in [0.15, 0.2) is 0 Å². The fourth-order valence-corrected chi connectivity index (χ4v) is 3.61. The van der Waals surface area contributed by atoms with Crippen LogP contribution < -0.4 is 15.0 Å². The Kier molecular flexibility index (Phi) is 5.52. The Balaban J connectivity index is 1.69. The minimum absolute atomic E-state index is 0.0468. The highest BCUT2D eigenvalue weighted by atomic mass is 19.4. The van der Waals surface area contributed by atoms with Crippen molar-refractivity contribution in [3.05, 3.63) is 65.5 Å². The first-order valence-corrected chi connectivity index (χ1v) is 9.66. The lowest BCUT2D eigenvalue weighted by Gasteiger charge is -2.32. The van der Waals surface area contributed by atoms with Gasteiger partial charge in [0.1, 0.15) is 17.3 Å². The summed E-state index contributed by atoms with van der Waals surface area (Å²) >= 11 is 0. The molecule has 1 aliphatic heterocycles. The van der Waals surface area contributed by atoms with E-state index in [0.29, 0.717) is 0 Å². The molecule has 4 rings (SSSR count). The fraction of sp³-hybridized carbons (Fsp3) is 0.238. The van der Waals surface area contributed by atoms with E-state index in [4.69, 9.17) is 4.74 Å². The number of ether oxygens (including phenoxy) is 1. The highest BCUT2D eigenvalue weighted by Gasteiger charge is 2.38. The van der Waals surface area contributed by atoms with Gasteiger partial charge in [-0.1, -0.05) is 0 Å². The van der Waals surface area contributed by atoms with Gasteiger partial charge in [0, 0.05) is 24.4 Å². The second kappa shape index (κ2) is 8.19. The molecule has 1 atom stereocenters. The number of aromatic nitrogens is 3. The molecule has 0 bridgehead atoms. The summed E-state index contributed by atoms with van der Waals surface area (Å²) in [5, 5.41) is 6.58. The van der Waals surface area contributed by atoms with Crippen molar-refractivity contribution in [2.45, 2.75) is 19.1 Å². The molecule has 1 aliphatic rings. The van der Waals surface area contributed by atoms with Crippen molar-refractivity contribution in [1.29, 1.82) is 0 Å². The number of methoxy groups -OCH3 is 1. The number of amides is 2. The smallest absolute Gasteiger partial charge is 0.419 e. The molecule has 172 valence electrons. The molecule has 0 radical (unpaired) electrons. The third-order valence-electron chi connectivity index (χ3n) is 5.12. The Morgan fingerprint density at radius 1 is 1.21 bits per heavy atom. The average Bonchev–Trinajstić information content (AvgIpc) is 3.21. The first-order chi connectivity index (χ1) is 15.6. The van der Waals surface area contributed by atoms with Gasteiger partial charge < -0.3 is 15.0 Å². The van der Waals surface area contributed by atoms with Gasteiger partial charge in [0.05, 0.1) is 48.6 Å². The molecule has 3 heterocycles. The molecule has 8 nitrogen and oxygen atoms in total. The topological polar surface area (TPSA) is 89.3 Å². The molecule has 1 aromatic carbocycles. The maximum Gasteiger partial charge on any atom is 0.419 e. The van der Waals surface area contributed by atoms with Crippen LogP contribution in [0.1, 0.15) is 39.4 Å². The molecule has 3 aromatic rings. The van der Waals surface area contributed by atoms with Crippen LogP contribution >= 0.6 is 0 Å². The number of rotatable bonds is 4. The quantitative estimate of drug-likeness (QED) is 0.593. The number of alkyl halides is 3. The van der Waals surface area contributed by atoms with Crippen molar-refractivity contribution in [2.24, 2.45) is 0 Å². The zero-order chi connectivity index (χ0) is 23.9. The van der Waals surface area contributed by atoms with Crippen LogP contribution in [0.25, 0.3) is 0 Å². The maximum absolute atomic E-state index is 13.4. The molecule has 0 spiro atoms. The van der Waals surface area contributed by atoms with Gasteiger partial charge in [-0.3, -0.25) is 19.3 Å². The summed E-state index contributed by atoms with van der Waals surface area (Å²) in [7, 11) is 1.10. The third kappa shape index (κ3) is 4.11. The minimum Gasteiger partial charge on any atom is -0.496 e. The molecule has 0 unspecified atom stereocenters. The first-order valence-electron chi connectivity index (χ1n) is 9.66. The largest absolute Gasteiger partial charge is 0.496 e. The standard InChI is InChI=1S/C21H17F4N5O3/c1-11-10-29(14-3-4-16(21(23,24)25)17(6-14)33-2)20(32)18-15(9-27-30(11)18)19(31)28-13-5-12(22)7-26-8-13/h3-9,11H,10H2,1-2H3,(H,28,31)/t11-/m0/s1. The highest BCUT2D eigenvalue weighted by molar-refractivity contribution is 6.15. The van der Waals surface area contributed by atoms with Gasteiger partial charge in [0.2, 0.25) is 0 Å². The van der Waals surface area contributed by atoms with Crippen molar-refractivity contribution in [3.63, 3.8) is 0 Å². The van der Waals surface area contributed by atoms with E-state index >= 15 is 0 Å². The Hall–Kier alpha value is -3.96. The Morgan fingerprint density at radius 3 is 2.64 bits per heavy atom. The molecule has 2 aromatic heterocycles. The van der Waals surface area contributed by atoms with E-state index < -0.39 is 35.1 Å². The summed E-state index contributed by atoms with van der Waals surface area (Å²) in [5.41, 5.74) is -0.834. The number of hydrogen-bond donors (Lipinski definition) is 1. The van der Waals surface area contributed by atoms with Crippen LogP contribution in [0.3, 0.4) is 0 Å². The monoisotopic (exact) mass is 463 g/mol. The average molecular weight is 463 g/mol. The van der Waals surface area contributed by atoms with Gasteiger partial charge in [-0.25, -0.2) is 4.39 Å². The van der Waals surface area contributed by atoms with Crippen molar-refractivity contribution in [2.75, 3.05) is 23.9 Å². The number of hydrogen-bond acceptors (Lipinski definition) is 5. The predicted molar refractivity (Wildman–Crippen MR) is 109 cm³/mol.